The Morgan fingerprint density at radius 3 is 2.71 bits per heavy atom. The third kappa shape index (κ3) is 4.92. The van der Waals surface area contributed by atoms with Gasteiger partial charge in [0.25, 0.3) is 0 Å². The third-order valence-electron chi connectivity index (χ3n) is 4.14. The predicted octanol–water partition coefficient (Wildman–Crippen LogP) is 4.28. The molecule has 0 aliphatic carbocycles. The van der Waals surface area contributed by atoms with Gasteiger partial charge >= 0.3 is 0 Å². The van der Waals surface area contributed by atoms with Crippen molar-refractivity contribution in [2.24, 2.45) is 0 Å². The number of amides is 1. The molecule has 0 radical (unpaired) electrons. The van der Waals surface area contributed by atoms with Crippen molar-refractivity contribution < 1.29 is 9.53 Å². The number of carbonyl (C=O) groups excluding carboxylic acids is 1. The van der Waals surface area contributed by atoms with Crippen molar-refractivity contribution in [3.63, 3.8) is 0 Å². The summed E-state index contributed by atoms with van der Waals surface area (Å²) < 4.78 is 7.19. The SMILES string of the molecule is COCCn1c(SCC(=O)Nc2cccc(Cl)c2C)nnc1-c1ccccc1. The molecule has 0 saturated carbocycles. The van der Waals surface area contributed by atoms with Crippen molar-refractivity contribution in [2.75, 3.05) is 24.8 Å². The number of methoxy groups -OCH3 is 1. The molecule has 0 saturated heterocycles. The Morgan fingerprint density at radius 2 is 1.96 bits per heavy atom. The smallest absolute Gasteiger partial charge is 0.234 e. The number of thioether (sulfide) groups is 1. The number of benzene rings is 2. The van der Waals surface area contributed by atoms with E-state index in [1.54, 1.807) is 13.2 Å². The Kier molecular flexibility index (Phi) is 7.08. The first-order valence-electron chi connectivity index (χ1n) is 8.75. The summed E-state index contributed by atoms with van der Waals surface area (Å²) in [4.78, 5) is 12.4. The van der Waals surface area contributed by atoms with Crippen molar-refractivity contribution in [3.05, 3.63) is 59.1 Å². The summed E-state index contributed by atoms with van der Waals surface area (Å²) in [5.41, 5.74) is 2.53. The van der Waals surface area contributed by atoms with Gasteiger partial charge in [-0.15, -0.1) is 10.2 Å². The van der Waals surface area contributed by atoms with Crippen LogP contribution in [0, 0.1) is 6.92 Å². The van der Waals surface area contributed by atoms with Crippen LogP contribution in [0.1, 0.15) is 5.56 Å². The molecule has 0 fully saturated rings. The molecular formula is C20H21ClN4O2S. The zero-order chi connectivity index (χ0) is 19.9. The molecule has 8 heteroatoms. The number of hydrogen-bond donors (Lipinski definition) is 1. The Hall–Kier alpha value is -2.35. The molecular weight excluding hydrogens is 396 g/mol. The Morgan fingerprint density at radius 1 is 1.18 bits per heavy atom. The maximum Gasteiger partial charge on any atom is 0.234 e. The van der Waals surface area contributed by atoms with Crippen molar-refractivity contribution in [2.45, 2.75) is 18.6 Å². The van der Waals surface area contributed by atoms with Crippen LogP contribution in [-0.2, 0) is 16.1 Å². The maximum atomic E-state index is 12.4. The number of hydrogen-bond acceptors (Lipinski definition) is 5. The second-order valence-corrected chi connectivity index (χ2v) is 7.42. The van der Waals surface area contributed by atoms with Crippen LogP contribution in [0.15, 0.2) is 53.7 Å². The first-order valence-corrected chi connectivity index (χ1v) is 10.1. The first-order chi connectivity index (χ1) is 13.6. The molecule has 0 aliphatic rings. The van der Waals surface area contributed by atoms with Crippen LogP contribution < -0.4 is 5.32 Å². The molecule has 28 heavy (non-hydrogen) atoms. The molecule has 0 bridgehead atoms. The van der Waals surface area contributed by atoms with E-state index in [1.165, 1.54) is 11.8 Å². The Labute approximate surface area is 173 Å². The molecule has 0 atom stereocenters. The predicted molar refractivity (Wildman–Crippen MR) is 113 cm³/mol. The second-order valence-electron chi connectivity index (χ2n) is 6.07. The highest BCUT2D eigenvalue weighted by Gasteiger charge is 2.16. The zero-order valence-corrected chi connectivity index (χ0v) is 17.3. The van der Waals surface area contributed by atoms with Gasteiger partial charge in [0, 0.05) is 23.4 Å². The summed E-state index contributed by atoms with van der Waals surface area (Å²) in [6, 6.07) is 15.3. The summed E-state index contributed by atoms with van der Waals surface area (Å²) >= 11 is 7.45. The van der Waals surface area contributed by atoms with E-state index in [2.05, 4.69) is 15.5 Å². The lowest BCUT2D eigenvalue weighted by Gasteiger charge is -2.11. The number of rotatable bonds is 8. The first kappa shape index (κ1) is 20.4. The molecule has 3 aromatic rings. The van der Waals surface area contributed by atoms with Gasteiger partial charge in [-0.3, -0.25) is 9.36 Å². The van der Waals surface area contributed by atoms with Crippen LogP contribution in [0.2, 0.25) is 5.02 Å². The van der Waals surface area contributed by atoms with E-state index in [0.29, 0.717) is 29.0 Å². The van der Waals surface area contributed by atoms with Gasteiger partial charge in [-0.2, -0.15) is 0 Å². The van der Waals surface area contributed by atoms with E-state index in [0.717, 1.165) is 17.0 Å². The van der Waals surface area contributed by atoms with Crippen LogP contribution in [0.4, 0.5) is 5.69 Å². The minimum atomic E-state index is -0.127. The van der Waals surface area contributed by atoms with E-state index in [4.69, 9.17) is 16.3 Å². The fourth-order valence-electron chi connectivity index (χ4n) is 2.64. The quantitative estimate of drug-likeness (QED) is 0.555. The van der Waals surface area contributed by atoms with Gasteiger partial charge in [0.05, 0.1) is 18.9 Å². The molecule has 1 amide bonds. The van der Waals surface area contributed by atoms with E-state index in [1.807, 2.05) is 54.0 Å². The van der Waals surface area contributed by atoms with Crippen molar-refractivity contribution >= 4 is 35.0 Å². The molecule has 1 heterocycles. The number of carbonyl (C=O) groups is 1. The molecule has 2 aromatic carbocycles. The lowest BCUT2D eigenvalue weighted by molar-refractivity contribution is -0.113. The average Bonchev–Trinajstić information content (AvgIpc) is 3.11. The number of aromatic nitrogens is 3. The molecule has 0 aliphatic heterocycles. The van der Waals surface area contributed by atoms with Crippen LogP contribution in [-0.4, -0.2) is 40.1 Å². The number of anilines is 1. The largest absolute Gasteiger partial charge is 0.383 e. The van der Waals surface area contributed by atoms with Gasteiger partial charge in [-0.25, -0.2) is 0 Å². The molecule has 6 nitrogen and oxygen atoms in total. The zero-order valence-electron chi connectivity index (χ0n) is 15.7. The van der Waals surface area contributed by atoms with Crippen molar-refractivity contribution in [1.29, 1.82) is 0 Å². The highest BCUT2D eigenvalue weighted by atomic mass is 35.5. The maximum absolute atomic E-state index is 12.4. The van der Waals surface area contributed by atoms with Crippen LogP contribution in [0.3, 0.4) is 0 Å². The summed E-state index contributed by atoms with van der Waals surface area (Å²) in [5, 5.41) is 12.8. The number of halogens is 1. The topological polar surface area (TPSA) is 69.0 Å². The van der Waals surface area contributed by atoms with Gasteiger partial charge in [0.1, 0.15) is 0 Å². The molecule has 0 spiro atoms. The molecule has 1 aromatic heterocycles. The fraction of sp³-hybridized carbons (Fsp3) is 0.250. The monoisotopic (exact) mass is 416 g/mol. The van der Waals surface area contributed by atoms with E-state index >= 15 is 0 Å². The molecule has 1 N–H and O–H groups in total. The van der Waals surface area contributed by atoms with Gasteiger partial charge < -0.3 is 10.1 Å². The van der Waals surface area contributed by atoms with Crippen LogP contribution >= 0.6 is 23.4 Å². The summed E-state index contributed by atoms with van der Waals surface area (Å²) in [5.74, 6) is 0.843. The number of nitrogens with one attached hydrogen (secondary N) is 1. The lowest BCUT2D eigenvalue weighted by Crippen LogP contribution is -2.16. The van der Waals surface area contributed by atoms with Crippen LogP contribution in [0.25, 0.3) is 11.4 Å². The lowest BCUT2D eigenvalue weighted by atomic mass is 10.2. The summed E-state index contributed by atoms with van der Waals surface area (Å²) in [6.07, 6.45) is 0. The highest BCUT2D eigenvalue weighted by Crippen LogP contribution is 2.25. The van der Waals surface area contributed by atoms with Gasteiger partial charge in [0.15, 0.2) is 11.0 Å². The van der Waals surface area contributed by atoms with E-state index in [-0.39, 0.29) is 11.7 Å². The average molecular weight is 417 g/mol. The molecule has 3 rings (SSSR count). The van der Waals surface area contributed by atoms with Crippen molar-refractivity contribution in [1.82, 2.24) is 14.8 Å². The van der Waals surface area contributed by atoms with Gasteiger partial charge in [0.2, 0.25) is 5.91 Å². The summed E-state index contributed by atoms with van der Waals surface area (Å²) in [7, 11) is 1.65. The van der Waals surface area contributed by atoms with E-state index in [9.17, 15) is 4.79 Å². The molecule has 146 valence electrons. The highest BCUT2D eigenvalue weighted by molar-refractivity contribution is 7.99. The van der Waals surface area contributed by atoms with Crippen LogP contribution in [0.5, 0.6) is 0 Å². The number of nitrogens with zero attached hydrogens (tertiary/aromatic N) is 3. The van der Waals surface area contributed by atoms with Gasteiger partial charge in [-0.1, -0.05) is 59.8 Å². The Balaban J connectivity index is 1.72. The fourth-order valence-corrected chi connectivity index (χ4v) is 3.58. The number of ether oxygens (including phenoxy) is 1. The van der Waals surface area contributed by atoms with E-state index < -0.39 is 0 Å². The molecule has 0 unspecified atom stereocenters. The second kappa shape index (κ2) is 9.73. The van der Waals surface area contributed by atoms with Gasteiger partial charge in [-0.05, 0) is 24.6 Å². The summed E-state index contributed by atoms with van der Waals surface area (Å²) in [6.45, 7) is 3.00. The Bertz CT molecular complexity index is 947. The normalized spacial score (nSPS) is 10.8. The minimum absolute atomic E-state index is 0.127. The standard InChI is InChI=1S/C20H21ClN4O2S/c1-14-16(21)9-6-10-17(14)22-18(26)13-28-20-24-23-19(25(20)11-12-27-2)15-7-4-3-5-8-15/h3-10H,11-13H2,1-2H3,(H,22,26). The van der Waals surface area contributed by atoms with Crippen molar-refractivity contribution in [3.8, 4) is 11.4 Å². The minimum Gasteiger partial charge on any atom is -0.383 e. The third-order valence-corrected chi connectivity index (χ3v) is 5.52.